The summed E-state index contributed by atoms with van der Waals surface area (Å²) in [7, 11) is 1.75. The number of piperazine rings is 1. The summed E-state index contributed by atoms with van der Waals surface area (Å²) in [5.41, 5.74) is 0.357. The summed E-state index contributed by atoms with van der Waals surface area (Å²) in [6.07, 6.45) is 8.72. The summed E-state index contributed by atoms with van der Waals surface area (Å²) in [6.45, 7) is 2.51. The van der Waals surface area contributed by atoms with Crippen LogP contribution < -0.4 is 10.2 Å². The van der Waals surface area contributed by atoms with Gasteiger partial charge in [0.05, 0.1) is 0 Å². The first-order chi connectivity index (χ1) is 14.1. The molecule has 154 valence electrons. The van der Waals surface area contributed by atoms with E-state index in [1.807, 2.05) is 0 Å². The number of hydrogen-bond donors (Lipinski definition) is 1. The molecule has 9 nitrogen and oxygen atoms in total. The van der Waals surface area contributed by atoms with Crippen LogP contribution in [0.2, 0.25) is 0 Å². The number of amides is 2. The molecule has 0 unspecified atom stereocenters. The summed E-state index contributed by atoms with van der Waals surface area (Å²) < 4.78 is 1.57. The van der Waals surface area contributed by atoms with Crippen molar-refractivity contribution < 1.29 is 9.59 Å². The van der Waals surface area contributed by atoms with Gasteiger partial charge in [-0.15, -0.1) is 0 Å². The second-order valence-electron chi connectivity index (χ2n) is 7.69. The van der Waals surface area contributed by atoms with E-state index in [1.54, 1.807) is 41.2 Å². The van der Waals surface area contributed by atoms with Gasteiger partial charge in [0, 0.05) is 57.6 Å². The largest absolute Gasteiger partial charge is 0.337 e. The van der Waals surface area contributed by atoms with Crippen molar-refractivity contribution in [3.63, 3.8) is 0 Å². The fraction of sp³-hybridized carbons (Fsp3) is 0.550. The number of aryl methyl sites for hydroxylation is 1. The third kappa shape index (κ3) is 4.38. The van der Waals surface area contributed by atoms with Gasteiger partial charge in [0.25, 0.3) is 5.91 Å². The first-order valence-corrected chi connectivity index (χ1v) is 10.3. The van der Waals surface area contributed by atoms with E-state index in [0.717, 1.165) is 25.7 Å². The minimum Gasteiger partial charge on any atom is -0.337 e. The van der Waals surface area contributed by atoms with E-state index in [2.05, 4.69) is 25.3 Å². The molecule has 29 heavy (non-hydrogen) atoms. The maximum atomic E-state index is 12.9. The molecule has 0 bridgehead atoms. The van der Waals surface area contributed by atoms with Crippen LogP contribution >= 0.6 is 0 Å². The molecule has 2 aromatic heterocycles. The van der Waals surface area contributed by atoms with Gasteiger partial charge in [-0.3, -0.25) is 14.3 Å². The summed E-state index contributed by atoms with van der Waals surface area (Å²) in [6, 6.07) is 3.46. The van der Waals surface area contributed by atoms with E-state index < -0.39 is 0 Å². The lowest BCUT2D eigenvalue weighted by Gasteiger charge is -2.34. The normalized spacial score (nSPS) is 18.0. The van der Waals surface area contributed by atoms with Crippen LogP contribution in [0, 0.1) is 5.92 Å². The Labute approximate surface area is 170 Å². The number of rotatable bonds is 4. The highest BCUT2D eigenvalue weighted by Gasteiger charge is 2.27. The lowest BCUT2D eigenvalue weighted by molar-refractivity contribution is -0.120. The Kier molecular flexibility index (Phi) is 5.73. The molecule has 1 N–H and O–H groups in total. The SMILES string of the molecule is Cn1nc(C(=O)N2CCN(c3ncccn3)CC2)cc1NC(=O)C1CCCCC1. The summed E-state index contributed by atoms with van der Waals surface area (Å²) in [5.74, 6) is 1.23. The fourth-order valence-corrected chi connectivity index (χ4v) is 4.01. The molecule has 1 aliphatic heterocycles. The Bertz CT molecular complexity index is 853. The summed E-state index contributed by atoms with van der Waals surface area (Å²) >= 11 is 0. The van der Waals surface area contributed by atoms with Crippen molar-refractivity contribution in [2.75, 3.05) is 36.4 Å². The third-order valence-electron chi connectivity index (χ3n) is 5.73. The molecule has 2 fully saturated rings. The van der Waals surface area contributed by atoms with E-state index in [0.29, 0.717) is 43.6 Å². The van der Waals surface area contributed by atoms with Crippen LogP contribution in [-0.2, 0) is 11.8 Å². The average Bonchev–Trinajstić information content (AvgIpc) is 3.14. The molecular weight excluding hydrogens is 370 g/mol. The molecule has 0 spiro atoms. The molecule has 2 amide bonds. The molecule has 0 atom stereocenters. The number of nitrogens with one attached hydrogen (secondary N) is 1. The lowest BCUT2D eigenvalue weighted by Crippen LogP contribution is -2.49. The van der Waals surface area contributed by atoms with E-state index in [9.17, 15) is 9.59 Å². The Morgan fingerprint density at radius 2 is 1.72 bits per heavy atom. The molecule has 0 aromatic carbocycles. The first-order valence-electron chi connectivity index (χ1n) is 10.3. The topological polar surface area (TPSA) is 96.2 Å². The zero-order chi connectivity index (χ0) is 20.2. The van der Waals surface area contributed by atoms with Gasteiger partial charge in [-0.1, -0.05) is 19.3 Å². The molecule has 2 aliphatic rings. The fourth-order valence-electron chi connectivity index (χ4n) is 4.01. The van der Waals surface area contributed by atoms with E-state index in [1.165, 1.54) is 6.42 Å². The minimum absolute atomic E-state index is 0.0307. The molecule has 1 saturated carbocycles. The molecule has 2 aromatic rings. The number of aromatic nitrogens is 4. The number of hydrogen-bond acceptors (Lipinski definition) is 6. The number of nitrogens with zero attached hydrogens (tertiary/aromatic N) is 6. The first kappa shape index (κ1) is 19.4. The number of anilines is 2. The van der Waals surface area contributed by atoms with E-state index in [4.69, 9.17) is 0 Å². The number of carbonyl (C=O) groups is 2. The van der Waals surface area contributed by atoms with Crippen LogP contribution in [0.25, 0.3) is 0 Å². The monoisotopic (exact) mass is 397 g/mol. The van der Waals surface area contributed by atoms with E-state index >= 15 is 0 Å². The zero-order valence-corrected chi connectivity index (χ0v) is 16.8. The van der Waals surface area contributed by atoms with Gasteiger partial charge in [0.2, 0.25) is 11.9 Å². The highest BCUT2D eigenvalue weighted by Crippen LogP contribution is 2.25. The Hall–Kier alpha value is -2.97. The average molecular weight is 397 g/mol. The maximum Gasteiger partial charge on any atom is 0.274 e. The van der Waals surface area contributed by atoms with Gasteiger partial charge in [0.1, 0.15) is 5.82 Å². The smallest absolute Gasteiger partial charge is 0.274 e. The van der Waals surface area contributed by atoms with Crippen molar-refractivity contribution in [1.82, 2.24) is 24.6 Å². The third-order valence-corrected chi connectivity index (χ3v) is 5.73. The Morgan fingerprint density at radius 3 is 2.41 bits per heavy atom. The van der Waals surface area contributed by atoms with Gasteiger partial charge < -0.3 is 15.1 Å². The van der Waals surface area contributed by atoms with Crippen molar-refractivity contribution in [2.24, 2.45) is 13.0 Å². The van der Waals surface area contributed by atoms with Crippen molar-refractivity contribution in [2.45, 2.75) is 32.1 Å². The predicted octanol–water partition coefficient (Wildman–Crippen LogP) is 1.69. The summed E-state index contributed by atoms with van der Waals surface area (Å²) in [4.78, 5) is 37.8. The van der Waals surface area contributed by atoms with Gasteiger partial charge in [-0.2, -0.15) is 5.10 Å². The second-order valence-corrected chi connectivity index (χ2v) is 7.69. The molecule has 1 saturated heterocycles. The van der Waals surface area contributed by atoms with Gasteiger partial charge in [-0.25, -0.2) is 9.97 Å². The molecule has 9 heteroatoms. The van der Waals surface area contributed by atoms with Crippen LogP contribution in [0.3, 0.4) is 0 Å². The highest BCUT2D eigenvalue weighted by atomic mass is 16.2. The maximum absolute atomic E-state index is 12.9. The standard InChI is InChI=1S/C20H27N7O2/c1-25-17(23-18(28)15-6-3-2-4-7-15)14-16(24-25)19(29)26-10-12-27(13-11-26)20-21-8-5-9-22-20/h5,8-9,14-15H,2-4,6-7,10-13H2,1H3,(H,23,28). The Balaban J connectivity index is 1.36. The Morgan fingerprint density at radius 1 is 1.03 bits per heavy atom. The molecule has 1 aliphatic carbocycles. The van der Waals surface area contributed by atoms with Crippen LogP contribution in [0.15, 0.2) is 24.5 Å². The molecule has 3 heterocycles. The van der Waals surface area contributed by atoms with Crippen molar-refractivity contribution in [3.05, 3.63) is 30.2 Å². The van der Waals surface area contributed by atoms with Gasteiger partial charge in [-0.05, 0) is 18.9 Å². The van der Waals surface area contributed by atoms with Crippen molar-refractivity contribution >= 4 is 23.6 Å². The van der Waals surface area contributed by atoms with Gasteiger partial charge >= 0.3 is 0 Å². The molecule has 4 rings (SSSR count). The molecule has 0 radical (unpaired) electrons. The lowest BCUT2D eigenvalue weighted by atomic mass is 9.89. The van der Waals surface area contributed by atoms with Crippen LogP contribution in [0.5, 0.6) is 0 Å². The van der Waals surface area contributed by atoms with Crippen molar-refractivity contribution in [3.8, 4) is 0 Å². The van der Waals surface area contributed by atoms with Crippen LogP contribution in [-0.4, -0.2) is 62.6 Å². The van der Waals surface area contributed by atoms with Gasteiger partial charge in [0.15, 0.2) is 5.69 Å². The predicted molar refractivity (Wildman–Crippen MR) is 109 cm³/mol. The van der Waals surface area contributed by atoms with Crippen LogP contribution in [0.1, 0.15) is 42.6 Å². The summed E-state index contributed by atoms with van der Waals surface area (Å²) in [5, 5.41) is 7.29. The van der Waals surface area contributed by atoms with E-state index in [-0.39, 0.29) is 17.7 Å². The zero-order valence-electron chi connectivity index (χ0n) is 16.8. The van der Waals surface area contributed by atoms with Crippen molar-refractivity contribution in [1.29, 1.82) is 0 Å². The quantitative estimate of drug-likeness (QED) is 0.843. The second kappa shape index (κ2) is 8.59. The highest BCUT2D eigenvalue weighted by molar-refractivity contribution is 5.96. The minimum atomic E-state index is -0.118. The molecular formula is C20H27N7O2. The van der Waals surface area contributed by atoms with Crippen LogP contribution in [0.4, 0.5) is 11.8 Å². The number of carbonyl (C=O) groups excluding carboxylic acids is 2.